The van der Waals surface area contributed by atoms with Gasteiger partial charge in [0.1, 0.15) is 0 Å². The molecular formula is C33H41N3O3S. The molecule has 3 aliphatic rings. The summed E-state index contributed by atoms with van der Waals surface area (Å²) in [6.07, 6.45) is 6.11. The van der Waals surface area contributed by atoms with Gasteiger partial charge in [-0.25, -0.2) is 18.1 Å². The highest BCUT2D eigenvalue weighted by molar-refractivity contribution is 7.92. The van der Waals surface area contributed by atoms with Gasteiger partial charge in [0.25, 0.3) is 10.0 Å². The van der Waals surface area contributed by atoms with Gasteiger partial charge in [-0.1, -0.05) is 51.1 Å². The summed E-state index contributed by atoms with van der Waals surface area (Å²) in [5.41, 5.74) is 4.95. The molecule has 1 aromatic heterocycles. The molecule has 2 aromatic carbocycles. The van der Waals surface area contributed by atoms with Crippen LogP contribution in [0.15, 0.2) is 53.4 Å². The van der Waals surface area contributed by atoms with Crippen molar-refractivity contribution in [3.63, 3.8) is 0 Å². The lowest BCUT2D eigenvalue weighted by atomic mass is 9.59. The minimum atomic E-state index is -3.90. The molecule has 2 fully saturated rings. The van der Waals surface area contributed by atoms with Crippen LogP contribution in [0.2, 0.25) is 0 Å². The quantitative estimate of drug-likeness (QED) is 0.357. The fourth-order valence-electron chi connectivity index (χ4n) is 7.20. The molecule has 7 heteroatoms. The van der Waals surface area contributed by atoms with Crippen molar-refractivity contribution in [1.82, 2.24) is 9.97 Å². The molecule has 0 spiro atoms. The lowest BCUT2D eigenvalue weighted by molar-refractivity contribution is 0.0584. The van der Waals surface area contributed by atoms with E-state index in [1.54, 1.807) is 6.07 Å². The zero-order chi connectivity index (χ0) is 28.2. The first kappa shape index (κ1) is 27.3. The van der Waals surface area contributed by atoms with Gasteiger partial charge in [0.2, 0.25) is 11.8 Å². The van der Waals surface area contributed by atoms with Gasteiger partial charge in [0.05, 0.1) is 17.2 Å². The van der Waals surface area contributed by atoms with Crippen molar-refractivity contribution in [3.05, 3.63) is 65.2 Å². The van der Waals surface area contributed by atoms with E-state index in [2.05, 4.69) is 41.5 Å². The van der Waals surface area contributed by atoms with Crippen LogP contribution in [0.1, 0.15) is 75.5 Å². The first-order chi connectivity index (χ1) is 19.0. The highest BCUT2D eigenvalue weighted by Crippen LogP contribution is 2.57. The molecule has 0 saturated heterocycles. The molecule has 1 unspecified atom stereocenters. The Hall–Kier alpha value is -2.93. The summed E-state index contributed by atoms with van der Waals surface area (Å²) in [5.74, 6) is 2.97. The number of rotatable bonds is 4. The van der Waals surface area contributed by atoms with E-state index in [9.17, 15) is 8.42 Å². The molecule has 4 bridgehead atoms. The van der Waals surface area contributed by atoms with Gasteiger partial charge in [0, 0.05) is 17.5 Å². The third kappa shape index (κ3) is 5.50. The van der Waals surface area contributed by atoms with Crippen LogP contribution in [0.25, 0.3) is 11.3 Å². The number of aryl methyl sites for hydroxylation is 2. The first-order valence-electron chi connectivity index (χ1n) is 14.7. The van der Waals surface area contributed by atoms with Crippen molar-refractivity contribution in [2.45, 2.75) is 77.5 Å². The minimum Gasteiger partial charge on any atom is -0.477 e. The average Bonchev–Trinajstić information content (AvgIpc) is 3.68. The van der Waals surface area contributed by atoms with Crippen LogP contribution in [-0.4, -0.2) is 25.0 Å². The highest BCUT2D eigenvalue weighted by atomic mass is 32.2. The SMILES string of the molecule is Cc1cccc(C)c1-c1cc2nc(n1)NS(=O)(=O)c1cccc(c1)C([C@@H]1CC[C@@H]1C1CC1)[C@H](CC(C)(C)C)CO2. The van der Waals surface area contributed by atoms with E-state index in [1.165, 1.54) is 25.7 Å². The predicted molar refractivity (Wildman–Crippen MR) is 159 cm³/mol. The van der Waals surface area contributed by atoms with Crippen LogP contribution in [0.4, 0.5) is 5.95 Å². The van der Waals surface area contributed by atoms with Crippen LogP contribution < -0.4 is 9.46 Å². The smallest absolute Gasteiger partial charge is 0.264 e. The summed E-state index contributed by atoms with van der Waals surface area (Å²) in [6, 6.07) is 15.5. The average molecular weight is 560 g/mol. The first-order valence-corrected chi connectivity index (χ1v) is 16.2. The molecule has 0 radical (unpaired) electrons. The third-order valence-electron chi connectivity index (χ3n) is 9.12. The molecule has 1 aliphatic heterocycles. The van der Waals surface area contributed by atoms with Gasteiger partial charge < -0.3 is 4.74 Å². The molecule has 2 saturated carbocycles. The predicted octanol–water partition coefficient (Wildman–Crippen LogP) is 7.53. The van der Waals surface area contributed by atoms with Gasteiger partial charge in [0.15, 0.2) is 0 Å². The molecular weight excluding hydrogens is 518 g/mol. The van der Waals surface area contributed by atoms with Crippen molar-refractivity contribution >= 4 is 16.0 Å². The van der Waals surface area contributed by atoms with E-state index in [-0.39, 0.29) is 28.1 Å². The monoisotopic (exact) mass is 559 g/mol. The normalized spacial score (nSPS) is 25.9. The summed E-state index contributed by atoms with van der Waals surface area (Å²) in [4.78, 5) is 9.47. The summed E-state index contributed by atoms with van der Waals surface area (Å²) < 4.78 is 36.6. The summed E-state index contributed by atoms with van der Waals surface area (Å²) in [5, 5.41) is 0. The molecule has 6 rings (SSSR count). The number of hydrogen-bond donors (Lipinski definition) is 1. The highest BCUT2D eigenvalue weighted by Gasteiger charge is 2.48. The standard InChI is InChI=1S/C33H41N3O3S/c1-20-8-6-9-21(2)30(20)28-17-29-35-32(34-28)36-40(37,38)25-11-7-10-23(16-25)31(24(19-39-29)18-33(3,4)5)27-15-14-26(27)22-12-13-22/h6-11,16-17,22,24,26-27,31H,12-15,18-19H2,1-5H3,(H,34,35,36)/t24-,26-,27-,31?/m1/s1. The second kappa shape index (κ2) is 10.2. The molecule has 3 aromatic rings. The maximum absolute atomic E-state index is 13.7. The van der Waals surface area contributed by atoms with Crippen LogP contribution in [-0.2, 0) is 10.0 Å². The van der Waals surface area contributed by atoms with Crippen molar-refractivity contribution in [3.8, 4) is 17.1 Å². The number of sulfonamides is 1. The van der Waals surface area contributed by atoms with Crippen LogP contribution in [0, 0.1) is 42.9 Å². The Morgan fingerprint density at radius 1 is 0.925 bits per heavy atom. The topological polar surface area (TPSA) is 81.2 Å². The maximum atomic E-state index is 13.7. The van der Waals surface area contributed by atoms with Gasteiger partial charge in [-0.15, -0.1) is 0 Å². The number of anilines is 1. The molecule has 6 nitrogen and oxygen atoms in total. The molecule has 4 atom stereocenters. The second-order valence-electron chi connectivity index (χ2n) is 13.5. The third-order valence-corrected chi connectivity index (χ3v) is 10.4. The van der Waals surface area contributed by atoms with Gasteiger partial charge in [-0.3, -0.25) is 0 Å². The Kier molecular flexibility index (Phi) is 6.92. The lowest BCUT2D eigenvalue weighted by Gasteiger charge is -2.47. The Bertz CT molecular complexity index is 1500. The van der Waals surface area contributed by atoms with Gasteiger partial charge in [-0.05, 0) is 104 Å². The zero-order valence-corrected chi connectivity index (χ0v) is 25.1. The van der Waals surface area contributed by atoms with E-state index in [1.807, 2.05) is 50.2 Å². The van der Waals surface area contributed by atoms with Gasteiger partial charge in [-0.2, -0.15) is 4.98 Å². The molecule has 2 heterocycles. The zero-order valence-electron chi connectivity index (χ0n) is 24.3. The van der Waals surface area contributed by atoms with E-state index >= 15 is 0 Å². The Balaban J connectivity index is 1.49. The lowest BCUT2D eigenvalue weighted by Crippen LogP contribution is -2.39. The summed E-state index contributed by atoms with van der Waals surface area (Å²) in [6.45, 7) is 11.5. The largest absolute Gasteiger partial charge is 0.477 e. The van der Waals surface area contributed by atoms with Crippen LogP contribution in [0.3, 0.4) is 0 Å². The van der Waals surface area contributed by atoms with Crippen LogP contribution >= 0.6 is 0 Å². The van der Waals surface area contributed by atoms with E-state index in [0.29, 0.717) is 24.1 Å². The van der Waals surface area contributed by atoms with E-state index in [0.717, 1.165) is 40.5 Å². The number of benzene rings is 2. The van der Waals surface area contributed by atoms with E-state index < -0.39 is 10.0 Å². The van der Waals surface area contributed by atoms with Crippen molar-refractivity contribution in [1.29, 1.82) is 0 Å². The molecule has 1 N–H and O–H groups in total. The molecule has 0 amide bonds. The number of fused-ring (bicyclic) bond motifs is 4. The van der Waals surface area contributed by atoms with Crippen molar-refractivity contribution in [2.24, 2.45) is 29.1 Å². The van der Waals surface area contributed by atoms with Crippen molar-refractivity contribution in [2.75, 3.05) is 11.3 Å². The Morgan fingerprint density at radius 3 is 2.27 bits per heavy atom. The van der Waals surface area contributed by atoms with Crippen LogP contribution in [0.5, 0.6) is 5.88 Å². The maximum Gasteiger partial charge on any atom is 0.264 e. The Morgan fingerprint density at radius 2 is 1.62 bits per heavy atom. The number of nitrogens with one attached hydrogen (secondary N) is 1. The fraction of sp³-hybridized carbons (Fsp3) is 0.515. The number of ether oxygens (including phenoxy) is 1. The Labute approximate surface area is 239 Å². The number of hydrogen-bond acceptors (Lipinski definition) is 5. The number of nitrogens with zero attached hydrogens (tertiary/aromatic N) is 2. The second-order valence-corrected chi connectivity index (χ2v) is 15.1. The molecule has 40 heavy (non-hydrogen) atoms. The molecule has 2 aliphatic carbocycles. The summed E-state index contributed by atoms with van der Waals surface area (Å²) in [7, 11) is -3.90. The molecule has 212 valence electrons. The van der Waals surface area contributed by atoms with Gasteiger partial charge >= 0.3 is 0 Å². The minimum absolute atomic E-state index is 0.0258. The van der Waals surface area contributed by atoms with Crippen molar-refractivity contribution < 1.29 is 13.2 Å². The summed E-state index contributed by atoms with van der Waals surface area (Å²) >= 11 is 0. The van der Waals surface area contributed by atoms with E-state index in [4.69, 9.17) is 4.74 Å². The number of aromatic nitrogens is 2. The fourth-order valence-corrected chi connectivity index (χ4v) is 8.20.